The summed E-state index contributed by atoms with van der Waals surface area (Å²) in [6.45, 7) is 11.9. The molecule has 31 heteroatoms. The lowest BCUT2D eigenvalue weighted by atomic mass is 9.97. The number of nitrogens with zero attached hydrogens (tertiary/aromatic N) is 8. The molecule has 0 saturated heterocycles. The predicted octanol–water partition coefficient (Wildman–Crippen LogP) is 6.71. The van der Waals surface area contributed by atoms with Crippen molar-refractivity contribution in [2.24, 2.45) is 5.73 Å². The van der Waals surface area contributed by atoms with E-state index in [9.17, 15) is 43.2 Å². The molecule has 12 rings (SSSR count). The summed E-state index contributed by atoms with van der Waals surface area (Å²) in [4.78, 5) is 132. The number of ether oxygens (including phenoxy) is 3. The number of anilines is 2. The number of unbranched alkanes of at least 4 members (excludes halogenated alkanes) is 6. The Bertz CT molecular complexity index is 4510. The maximum atomic E-state index is 13.7. The standard InChI is InChI=1S/C38H45N9O7.C33H37N9O5.ClH/c1-22-24-12-13-27(26(24)11-10-25(22)33(49)39-15-7-5-6-8-16-40-37(52)54-38(2,3)4)45-35(51)30-18-29(46-36-42-21-43-47(30)36)34(50)41-19-23-9-14-31-28(17-23)44-32(48)20-53-31;1-19-21-9-10-24(23(21)8-7-22(19)30(44)35-13-5-3-2-4-12-34)40-32(46)27-15-26(41-33-37-18-38-42(27)33)31(45)36-16-20-6-11-28-25(14-20)39-29(43)17-47-28;/h9-11,14,17-18,21,27H,5-8,12-13,15-16,19-20H2,1-4H3,(H,39,49)(H,40,52)(H,41,50)(H,44,48)(H,45,51);6-8,11,14-15,18,24H,2-5,9-10,12-13,16-17,34H2,1H3,(H,35,44)(H,36,45)(H,39,43)(H,40,46);1H/t27-;24-;/m00./s1. The van der Waals surface area contributed by atoms with Gasteiger partial charge in [0.2, 0.25) is 0 Å². The molecule has 536 valence electrons. The van der Waals surface area contributed by atoms with Crippen molar-refractivity contribution in [2.45, 2.75) is 142 Å². The van der Waals surface area contributed by atoms with Crippen molar-refractivity contribution in [1.82, 2.24) is 76.4 Å². The maximum absolute atomic E-state index is 13.7. The van der Waals surface area contributed by atoms with Crippen LogP contribution in [0.2, 0.25) is 0 Å². The summed E-state index contributed by atoms with van der Waals surface area (Å²) in [6, 6.07) is 20.0. The quantitative estimate of drug-likeness (QED) is 0.0266. The van der Waals surface area contributed by atoms with E-state index in [-0.39, 0.29) is 109 Å². The van der Waals surface area contributed by atoms with Gasteiger partial charge in [-0.1, -0.05) is 49.9 Å². The fourth-order valence-corrected chi connectivity index (χ4v) is 12.5. The van der Waals surface area contributed by atoms with E-state index in [1.807, 2.05) is 52.8 Å². The van der Waals surface area contributed by atoms with E-state index in [0.29, 0.717) is 85.9 Å². The number of carbonyl (C=O) groups excluding carboxylic acids is 9. The SMILES string of the molecule is Cc1c(C(=O)NCCCCCCN)ccc2c1CC[C@@H]2NC(=O)c1cc(C(=O)NCc2ccc3c(c2)NC(=O)CO3)nc2ncnn12.Cc1c(C(=O)NCCCCCCNC(=O)OC(C)(C)C)ccc2c1CC[C@@H]2NC(=O)c1cc(C(=O)NCc2ccc3c(c2)NC(=O)CO3)nc2ncnn12.Cl. The lowest BCUT2D eigenvalue weighted by Gasteiger charge is -2.19. The first kappa shape index (κ1) is 73.6. The fraction of sp³-hybridized carbons (Fsp3) is 0.394. The first-order valence-electron chi connectivity index (χ1n) is 33.9. The van der Waals surface area contributed by atoms with Crippen LogP contribution in [0.5, 0.6) is 11.5 Å². The van der Waals surface area contributed by atoms with Gasteiger partial charge in [-0.15, -0.1) is 12.4 Å². The summed E-state index contributed by atoms with van der Waals surface area (Å²) in [5.41, 5.74) is 14.7. The second kappa shape index (κ2) is 33.4. The van der Waals surface area contributed by atoms with Crippen molar-refractivity contribution < 1.29 is 57.4 Å². The molecule has 2 atom stereocenters. The van der Waals surface area contributed by atoms with Gasteiger partial charge in [0, 0.05) is 56.0 Å². The van der Waals surface area contributed by atoms with Crippen LogP contribution in [0.15, 0.2) is 85.5 Å². The molecular weight excluding hydrogens is 1330 g/mol. The molecule has 4 aromatic heterocycles. The monoisotopic (exact) mass is 1410 g/mol. The van der Waals surface area contributed by atoms with Gasteiger partial charge < -0.3 is 67.8 Å². The highest BCUT2D eigenvalue weighted by molar-refractivity contribution is 6.01. The first-order chi connectivity index (χ1) is 48.7. The molecule has 11 N–H and O–H groups in total. The zero-order chi connectivity index (χ0) is 71.3. The minimum atomic E-state index is -0.524. The van der Waals surface area contributed by atoms with Crippen molar-refractivity contribution in [2.75, 3.05) is 50.0 Å². The maximum Gasteiger partial charge on any atom is 0.407 e. The molecule has 9 amide bonds. The topological polar surface area (TPSA) is 402 Å². The zero-order valence-electron chi connectivity index (χ0n) is 57.3. The lowest BCUT2D eigenvalue weighted by molar-refractivity contribution is -0.119. The Morgan fingerprint density at radius 2 is 0.980 bits per heavy atom. The van der Waals surface area contributed by atoms with Crippen LogP contribution >= 0.6 is 12.4 Å². The molecular formula is C71H83ClN18O12. The zero-order valence-corrected chi connectivity index (χ0v) is 58.2. The third-order valence-corrected chi connectivity index (χ3v) is 17.7. The Morgan fingerprint density at radius 3 is 1.41 bits per heavy atom. The Kier molecular flexibility index (Phi) is 24.1. The number of aromatic nitrogens is 8. The van der Waals surface area contributed by atoms with Gasteiger partial charge >= 0.3 is 6.09 Å². The average Bonchev–Trinajstić information content (AvgIpc) is 1.61. The fourth-order valence-electron chi connectivity index (χ4n) is 12.5. The van der Waals surface area contributed by atoms with Crippen molar-refractivity contribution in [3.8, 4) is 11.5 Å². The van der Waals surface area contributed by atoms with E-state index in [2.05, 4.69) is 78.0 Å². The number of fused-ring (bicyclic) bond motifs is 6. The van der Waals surface area contributed by atoms with Crippen LogP contribution < -0.4 is 63.1 Å². The molecule has 0 radical (unpaired) electrons. The molecule has 8 aromatic rings. The van der Waals surface area contributed by atoms with E-state index in [1.165, 1.54) is 33.8 Å². The Labute approximate surface area is 593 Å². The number of nitrogens with one attached hydrogen (secondary N) is 9. The predicted molar refractivity (Wildman–Crippen MR) is 377 cm³/mol. The van der Waals surface area contributed by atoms with Crippen molar-refractivity contribution in [3.63, 3.8) is 0 Å². The average molecular weight is 1420 g/mol. The van der Waals surface area contributed by atoms with E-state index >= 15 is 0 Å². The second-order valence-corrected chi connectivity index (χ2v) is 26.0. The molecule has 2 aliphatic carbocycles. The number of amides is 9. The molecule has 0 unspecified atom stereocenters. The molecule has 30 nitrogen and oxygen atoms in total. The summed E-state index contributed by atoms with van der Waals surface area (Å²) in [7, 11) is 0. The highest BCUT2D eigenvalue weighted by Crippen LogP contribution is 2.37. The number of halogens is 1. The molecule has 6 heterocycles. The van der Waals surface area contributed by atoms with Crippen molar-refractivity contribution in [1.29, 1.82) is 0 Å². The number of hydrogen-bond donors (Lipinski definition) is 10. The second-order valence-electron chi connectivity index (χ2n) is 26.0. The van der Waals surface area contributed by atoms with Gasteiger partial charge in [0.05, 0.1) is 23.5 Å². The molecule has 102 heavy (non-hydrogen) atoms. The Morgan fingerprint density at radius 1 is 0.549 bits per heavy atom. The third kappa shape index (κ3) is 18.1. The van der Waals surface area contributed by atoms with Crippen LogP contribution in [-0.4, -0.2) is 138 Å². The molecule has 0 spiro atoms. The van der Waals surface area contributed by atoms with Gasteiger partial charge in [0.15, 0.2) is 13.2 Å². The minimum Gasteiger partial charge on any atom is -0.482 e. The summed E-state index contributed by atoms with van der Waals surface area (Å²) in [5, 5.41) is 34.4. The van der Waals surface area contributed by atoms with Crippen LogP contribution in [0.4, 0.5) is 16.2 Å². The third-order valence-electron chi connectivity index (χ3n) is 17.7. The van der Waals surface area contributed by atoms with Gasteiger partial charge in [-0.05, 0) is 173 Å². The van der Waals surface area contributed by atoms with E-state index < -0.39 is 35.3 Å². The van der Waals surface area contributed by atoms with Crippen molar-refractivity contribution >= 4 is 88.7 Å². The van der Waals surface area contributed by atoms with Gasteiger partial charge in [0.25, 0.3) is 58.8 Å². The first-order valence-corrected chi connectivity index (χ1v) is 33.9. The largest absolute Gasteiger partial charge is 0.482 e. The lowest BCUT2D eigenvalue weighted by Crippen LogP contribution is -2.33. The minimum absolute atomic E-state index is 0. The Balaban J connectivity index is 0.000000219. The number of hydrogen-bond acceptors (Lipinski definition) is 19. The smallest absolute Gasteiger partial charge is 0.407 e. The van der Waals surface area contributed by atoms with Gasteiger partial charge in [-0.3, -0.25) is 38.4 Å². The van der Waals surface area contributed by atoms with Crippen molar-refractivity contribution in [3.05, 3.63) is 164 Å². The molecule has 4 aliphatic rings. The van der Waals surface area contributed by atoms with Crippen LogP contribution in [-0.2, 0) is 40.3 Å². The summed E-state index contributed by atoms with van der Waals surface area (Å²) >= 11 is 0. The number of alkyl carbamates (subject to hydrolysis) is 1. The normalized spacial score (nSPS) is 14.6. The number of rotatable bonds is 25. The van der Waals surface area contributed by atoms with E-state index in [1.54, 1.807) is 42.5 Å². The van der Waals surface area contributed by atoms with Crippen LogP contribution in [0.1, 0.15) is 204 Å². The van der Waals surface area contributed by atoms with Crippen LogP contribution in [0, 0.1) is 13.8 Å². The molecule has 0 saturated carbocycles. The molecule has 0 fully saturated rings. The van der Waals surface area contributed by atoms with Crippen LogP contribution in [0.25, 0.3) is 11.6 Å². The Hall–Kier alpha value is -11.1. The number of carbonyl (C=O) groups is 9. The number of nitrogens with two attached hydrogens (primary N) is 1. The van der Waals surface area contributed by atoms with E-state index in [4.69, 9.17) is 19.9 Å². The summed E-state index contributed by atoms with van der Waals surface area (Å²) < 4.78 is 18.6. The summed E-state index contributed by atoms with van der Waals surface area (Å²) in [5.74, 6) is -1.36. The van der Waals surface area contributed by atoms with E-state index in [0.717, 1.165) is 95.9 Å². The molecule has 2 aliphatic heterocycles. The number of benzene rings is 4. The molecule has 4 aromatic carbocycles. The molecule has 0 bridgehead atoms. The van der Waals surface area contributed by atoms with Crippen LogP contribution in [0.3, 0.4) is 0 Å². The van der Waals surface area contributed by atoms with Gasteiger partial charge in [-0.2, -0.15) is 29.2 Å². The van der Waals surface area contributed by atoms with Gasteiger partial charge in [0.1, 0.15) is 52.5 Å². The highest BCUT2D eigenvalue weighted by atomic mass is 35.5. The van der Waals surface area contributed by atoms with Gasteiger partial charge in [-0.25, -0.2) is 14.8 Å². The summed E-state index contributed by atoms with van der Waals surface area (Å²) in [6.07, 6.45) is 12.3. The highest BCUT2D eigenvalue weighted by Gasteiger charge is 2.32.